The number of ether oxygens (including phenoxy) is 1. The first kappa shape index (κ1) is 19.3. The zero-order valence-electron chi connectivity index (χ0n) is 15.4. The maximum Gasteiger partial charge on any atom is 0.249 e. The monoisotopic (exact) mass is 390 g/mol. The van der Waals surface area contributed by atoms with Gasteiger partial charge in [-0.1, -0.05) is 30.3 Å². The van der Waals surface area contributed by atoms with Crippen molar-refractivity contribution in [1.29, 1.82) is 5.26 Å². The summed E-state index contributed by atoms with van der Waals surface area (Å²) in [5.41, 5.74) is 2.01. The molecule has 0 unspecified atom stereocenters. The van der Waals surface area contributed by atoms with E-state index in [4.69, 9.17) is 4.74 Å². The maximum absolute atomic E-state index is 12.3. The number of benzene rings is 2. The Balaban J connectivity index is 1.83. The van der Waals surface area contributed by atoms with Crippen LogP contribution in [-0.2, 0) is 4.79 Å². The summed E-state index contributed by atoms with van der Waals surface area (Å²) in [4.78, 5) is 12.3. The number of nitrogens with one attached hydrogen (secondary N) is 1. The number of nitriles is 1. The zero-order valence-corrected chi connectivity index (χ0v) is 16.2. The summed E-state index contributed by atoms with van der Waals surface area (Å²) in [7, 11) is 1.60. The van der Waals surface area contributed by atoms with Crippen molar-refractivity contribution in [2.45, 2.75) is 5.03 Å². The molecule has 0 bridgehead atoms. The molecule has 2 aromatic carbocycles. The summed E-state index contributed by atoms with van der Waals surface area (Å²) in [6.45, 7) is 0. The average molecular weight is 390 g/mol. The quantitative estimate of drug-likeness (QED) is 0.506. The van der Waals surface area contributed by atoms with Crippen molar-refractivity contribution in [2.24, 2.45) is 0 Å². The average Bonchev–Trinajstić information content (AvgIpc) is 3.10. The van der Waals surface area contributed by atoms with Crippen molar-refractivity contribution in [3.05, 3.63) is 71.8 Å². The third-order valence-corrected chi connectivity index (χ3v) is 4.70. The molecule has 0 radical (unpaired) electrons. The molecule has 28 heavy (non-hydrogen) atoms. The van der Waals surface area contributed by atoms with Gasteiger partial charge in [-0.05, 0) is 42.2 Å². The van der Waals surface area contributed by atoms with Crippen molar-refractivity contribution >= 4 is 29.6 Å². The second kappa shape index (κ2) is 8.93. The van der Waals surface area contributed by atoms with Crippen LogP contribution in [0.5, 0.6) is 5.75 Å². The molecule has 7 heteroatoms. The molecule has 1 aromatic heterocycles. The molecule has 0 saturated heterocycles. The highest BCUT2D eigenvalue weighted by atomic mass is 32.2. The van der Waals surface area contributed by atoms with Gasteiger partial charge in [0.2, 0.25) is 5.91 Å². The topological polar surface area (TPSA) is 79.9 Å². The Morgan fingerprint density at radius 1 is 1.21 bits per heavy atom. The zero-order chi connectivity index (χ0) is 19.9. The van der Waals surface area contributed by atoms with Crippen molar-refractivity contribution in [1.82, 2.24) is 9.78 Å². The molecule has 1 heterocycles. The molecule has 0 spiro atoms. The summed E-state index contributed by atoms with van der Waals surface area (Å²) in [5.74, 6) is 0.620. The van der Waals surface area contributed by atoms with Gasteiger partial charge in [-0.2, -0.15) is 5.26 Å². The lowest BCUT2D eigenvalue weighted by molar-refractivity contribution is -0.111. The number of hydrogen-bond donors (Lipinski definition) is 1. The van der Waals surface area contributed by atoms with Crippen LogP contribution in [0.2, 0.25) is 0 Å². The van der Waals surface area contributed by atoms with Gasteiger partial charge in [-0.15, -0.1) is 16.9 Å². The van der Waals surface area contributed by atoms with Gasteiger partial charge in [0.15, 0.2) is 5.82 Å². The first-order chi connectivity index (χ1) is 13.7. The highest BCUT2D eigenvalue weighted by Gasteiger charge is 2.19. The van der Waals surface area contributed by atoms with Crippen molar-refractivity contribution < 1.29 is 9.53 Å². The number of thioether (sulfide) groups is 1. The highest BCUT2D eigenvalue weighted by Crippen LogP contribution is 2.29. The van der Waals surface area contributed by atoms with Gasteiger partial charge in [-0.3, -0.25) is 4.79 Å². The number of nitrogens with zero attached hydrogens (tertiary/aromatic N) is 3. The number of carbonyl (C=O) groups excluding carboxylic acids is 1. The molecular formula is C21H18N4O2S. The van der Waals surface area contributed by atoms with Crippen molar-refractivity contribution in [3.8, 4) is 17.5 Å². The predicted molar refractivity (Wildman–Crippen MR) is 111 cm³/mol. The van der Waals surface area contributed by atoms with E-state index >= 15 is 0 Å². The van der Waals surface area contributed by atoms with Gasteiger partial charge in [0.1, 0.15) is 22.4 Å². The minimum atomic E-state index is -0.363. The minimum Gasteiger partial charge on any atom is -0.497 e. The summed E-state index contributed by atoms with van der Waals surface area (Å²) < 4.78 is 6.77. The summed E-state index contributed by atoms with van der Waals surface area (Å²) >= 11 is 1.40. The van der Waals surface area contributed by atoms with Gasteiger partial charge in [0.05, 0.1) is 12.8 Å². The number of hydrogen-bond acceptors (Lipinski definition) is 5. The van der Waals surface area contributed by atoms with Crippen LogP contribution >= 0.6 is 11.8 Å². The first-order valence-corrected chi connectivity index (χ1v) is 9.64. The molecule has 1 N–H and O–H groups in total. The molecule has 3 rings (SSSR count). The Morgan fingerprint density at radius 2 is 1.93 bits per heavy atom. The van der Waals surface area contributed by atoms with Crippen LogP contribution in [-0.4, -0.2) is 29.1 Å². The number of carbonyl (C=O) groups is 1. The van der Waals surface area contributed by atoms with E-state index in [1.807, 2.05) is 60.9 Å². The molecule has 0 aliphatic heterocycles. The number of aromatic nitrogens is 2. The van der Waals surface area contributed by atoms with Crippen LogP contribution in [0, 0.1) is 11.3 Å². The SMILES string of the molecule is COc1ccc(/C=C/C(=O)Nc2nn(-c3ccccc3)c(SC)c2C#N)cc1. The third kappa shape index (κ3) is 4.24. The van der Waals surface area contributed by atoms with Crippen molar-refractivity contribution in [3.63, 3.8) is 0 Å². The van der Waals surface area contributed by atoms with Gasteiger partial charge < -0.3 is 10.1 Å². The van der Waals surface area contributed by atoms with Crippen LogP contribution in [0.1, 0.15) is 11.1 Å². The molecule has 0 aliphatic carbocycles. The predicted octanol–water partition coefficient (Wildman–Crippen LogP) is 4.13. The maximum atomic E-state index is 12.3. The van der Waals surface area contributed by atoms with E-state index in [0.29, 0.717) is 10.6 Å². The lowest BCUT2D eigenvalue weighted by Gasteiger charge is -2.04. The number of anilines is 1. The molecule has 0 saturated carbocycles. The number of amides is 1. The van der Waals surface area contributed by atoms with Gasteiger partial charge in [-0.25, -0.2) is 4.68 Å². The Bertz CT molecular complexity index is 1030. The smallest absolute Gasteiger partial charge is 0.249 e. The van der Waals surface area contributed by atoms with E-state index in [0.717, 1.165) is 17.0 Å². The Kier molecular flexibility index (Phi) is 6.14. The van der Waals surface area contributed by atoms with Crippen LogP contribution < -0.4 is 10.1 Å². The van der Waals surface area contributed by atoms with Crippen LogP contribution in [0.15, 0.2) is 65.7 Å². The van der Waals surface area contributed by atoms with E-state index < -0.39 is 0 Å². The van der Waals surface area contributed by atoms with Crippen LogP contribution in [0.25, 0.3) is 11.8 Å². The van der Waals surface area contributed by atoms with Gasteiger partial charge >= 0.3 is 0 Å². The van der Waals surface area contributed by atoms with E-state index in [-0.39, 0.29) is 11.7 Å². The molecule has 1 amide bonds. The van der Waals surface area contributed by atoms with Crippen LogP contribution in [0.3, 0.4) is 0 Å². The highest BCUT2D eigenvalue weighted by molar-refractivity contribution is 7.98. The molecule has 0 aliphatic rings. The summed E-state index contributed by atoms with van der Waals surface area (Å²) in [6, 6.07) is 18.9. The lowest BCUT2D eigenvalue weighted by Crippen LogP contribution is -2.09. The summed E-state index contributed by atoms with van der Waals surface area (Å²) in [6.07, 6.45) is 4.96. The second-order valence-electron chi connectivity index (χ2n) is 5.69. The fourth-order valence-corrected chi connectivity index (χ4v) is 3.23. The normalized spacial score (nSPS) is 10.6. The molecule has 0 atom stereocenters. The Hall–Kier alpha value is -3.50. The minimum absolute atomic E-state index is 0.236. The third-order valence-electron chi connectivity index (χ3n) is 3.93. The van der Waals surface area contributed by atoms with E-state index in [9.17, 15) is 10.1 Å². The summed E-state index contributed by atoms with van der Waals surface area (Å²) in [5, 5.41) is 17.4. The lowest BCUT2D eigenvalue weighted by atomic mass is 10.2. The largest absolute Gasteiger partial charge is 0.497 e. The number of methoxy groups -OCH3 is 1. The number of para-hydroxylation sites is 1. The first-order valence-electron chi connectivity index (χ1n) is 8.42. The fraction of sp³-hybridized carbons (Fsp3) is 0.0952. The molecule has 140 valence electrons. The molecule has 0 fully saturated rings. The van der Waals surface area contributed by atoms with Crippen molar-refractivity contribution in [2.75, 3.05) is 18.7 Å². The Morgan fingerprint density at radius 3 is 2.54 bits per heavy atom. The van der Waals surface area contributed by atoms with E-state index in [1.165, 1.54) is 17.8 Å². The second-order valence-corrected chi connectivity index (χ2v) is 6.48. The standard InChI is InChI=1S/C21H18N4O2S/c1-27-17-11-8-15(9-12-17)10-13-19(26)23-20-18(14-22)21(28-2)25(24-20)16-6-4-3-5-7-16/h3-13H,1-2H3,(H,23,24,26)/b13-10+. The Labute approximate surface area is 167 Å². The van der Waals surface area contributed by atoms with E-state index in [2.05, 4.69) is 16.5 Å². The van der Waals surface area contributed by atoms with Crippen LogP contribution in [0.4, 0.5) is 5.82 Å². The van der Waals surface area contributed by atoms with Gasteiger partial charge in [0, 0.05) is 6.08 Å². The van der Waals surface area contributed by atoms with Gasteiger partial charge in [0.25, 0.3) is 0 Å². The number of rotatable bonds is 6. The molecular weight excluding hydrogens is 372 g/mol. The molecule has 3 aromatic rings. The molecule has 6 nitrogen and oxygen atoms in total. The van der Waals surface area contributed by atoms with E-state index in [1.54, 1.807) is 17.9 Å². The fourth-order valence-electron chi connectivity index (χ4n) is 2.57.